The summed E-state index contributed by atoms with van der Waals surface area (Å²) in [5, 5.41) is 5.52. The van der Waals surface area contributed by atoms with E-state index in [9.17, 15) is 14.4 Å². The number of hydrazine groups is 1. The fraction of sp³-hybridized carbons (Fsp3) is 0.333. The third-order valence-electron chi connectivity index (χ3n) is 4.64. The van der Waals surface area contributed by atoms with Crippen LogP contribution in [0.3, 0.4) is 0 Å². The van der Waals surface area contributed by atoms with Crippen LogP contribution in [0.5, 0.6) is 11.8 Å². The number of amides is 3. The lowest BCUT2D eigenvalue weighted by molar-refractivity contribution is -0.141. The predicted octanol–water partition coefficient (Wildman–Crippen LogP) is 2.11. The summed E-state index contributed by atoms with van der Waals surface area (Å²) in [4.78, 5) is 41.9. The van der Waals surface area contributed by atoms with Crippen LogP contribution in [0.25, 0.3) is 0 Å². The molecule has 9 heteroatoms. The molecule has 9 nitrogen and oxygen atoms in total. The van der Waals surface area contributed by atoms with E-state index in [2.05, 4.69) is 10.3 Å². The van der Waals surface area contributed by atoms with Crippen molar-refractivity contribution in [2.75, 3.05) is 32.6 Å². The zero-order valence-corrected chi connectivity index (χ0v) is 17.0. The third kappa shape index (κ3) is 4.86. The molecule has 1 aromatic heterocycles. The maximum atomic E-state index is 13.0. The van der Waals surface area contributed by atoms with Gasteiger partial charge < -0.3 is 14.8 Å². The van der Waals surface area contributed by atoms with E-state index in [0.717, 1.165) is 0 Å². The predicted molar refractivity (Wildman–Crippen MR) is 109 cm³/mol. The van der Waals surface area contributed by atoms with Crippen LogP contribution in [-0.2, 0) is 9.59 Å². The minimum absolute atomic E-state index is 0.000441. The van der Waals surface area contributed by atoms with Crippen LogP contribution >= 0.6 is 0 Å². The van der Waals surface area contributed by atoms with Crippen LogP contribution < -0.4 is 14.8 Å². The minimum atomic E-state index is -0.387. The zero-order chi connectivity index (χ0) is 21.5. The number of rotatable bonds is 7. The Balaban J connectivity index is 1.62. The Morgan fingerprint density at radius 1 is 0.967 bits per heavy atom. The SMILES string of the molecule is COc1ccc(C(=O)N2CCCN2C(=O)CCC(=O)Nc2ccccc2)c(OC)n1. The summed E-state index contributed by atoms with van der Waals surface area (Å²) in [6.07, 6.45) is 0.680. The number of benzene rings is 1. The molecule has 1 aromatic carbocycles. The average Bonchev–Trinajstić information content (AvgIpc) is 3.27. The van der Waals surface area contributed by atoms with Gasteiger partial charge in [-0.2, -0.15) is 4.98 Å². The van der Waals surface area contributed by atoms with E-state index >= 15 is 0 Å². The standard InChI is InChI=1S/C21H24N4O5/c1-29-18-11-9-16(20(23-18)30-2)21(28)25-14-6-13-24(25)19(27)12-10-17(26)22-15-7-4-3-5-8-15/h3-5,7-9,11H,6,10,12-14H2,1-2H3,(H,22,26). The molecule has 0 unspecified atom stereocenters. The van der Waals surface area contributed by atoms with Crippen molar-refractivity contribution in [1.82, 2.24) is 15.0 Å². The maximum Gasteiger partial charge on any atom is 0.277 e. The Morgan fingerprint density at radius 3 is 2.40 bits per heavy atom. The summed E-state index contributed by atoms with van der Waals surface area (Å²) < 4.78 is 10.3. The van der Waals surface area contributed by atoms with Gasteiger partial charge in [0, 0.05) is 37.7 Å². The highest BCUT2D eigenvalue weighted by molar-refractivity contribution is 5.98. The molecule has 1 fully saturated rings. The molecule has 30 heavy (non-hydrogen) atoms. The first-order chi connectivity index (χ1) is 14.5. The monoisotopic (exact) mass is 412 g/mol. The molecule has 3 rings (SSSR count). The highest BCUT2D eigenvalue weighted by Gasteiger charge is 2.33. The Morgan fingerprint density at radius 2 is 1.70 bits per heavy atom. The Kier molecular flexibility index (Phi) is 6.84. The number of methoxy groups -OCH3 is 2. The fourth-order valence-electron chi connectivity index (χ4n) is 3.17. The number of carbonyl (C=O) groups is 3. The number of nitrogens with one attached hydrogen (secondary N) is 1. The number of nitrogens with zero attached hydrogens (tertiary/aromatic N) is 3. The summed E-state index contributed by atoms with van der Waals surface area (Å²) >= 11 is 0. The molecule has 0 bridgehead atoms. The second-order valence-corrected chi connectivity index (χ2v) is 6.62. The van der Waals surface area contributed by atoms with E-state index < -0.39 is 0 Å². The van der Waals surface area contributed by atoms with Crippen LogP contribution in [0, 0.1) is 0 Å². The lowest BCUT2D eigenvalue weighted by Gasteiger charge is -2.28. The topological polar surface area (TPSA) is 101 Å². The van der Waals surface area contributed by atoms with Gasteiger partial charge >= 0.3 is 0 Å². The number of para-hydroxylation sites is 1. The number of ether oxygens (including phenoxy) is 2. The quantitative estimate of drug-likeness (QED) is 0.748. The first kappa shape index (κ1) is 21.1. The second-order valence-electron chi connectivity index (χ2n) is 6.62. The Labute approximate surface area is 174 Å². The van der Waals surface area contributed by atoms with Gasteiger partial charge in [0.15, 0.2) is 0 Å². The largest absolute Gasteiger partial charge is 0.481 e. The van der Waals surface area contributed by atoms with Gasteiger partial charge in [-0.3, -0.25) is 19.4 Å². The van der Waals surface area contributed by atoms with Gasteiger partial charge in [-0.15, -0.1) is 0 Å². The lowest BCUT2D eigenvalue weighted by Crippen LogP contribution is -2.45. The molecule has 1 aliphatic heterocycles. The smallest absolute Gasteiger partial charge is 0.277 e. The Hall–Kier alpha value is -3.62. The molecule has 2 heterocycles. The van der Waals surface area contributed by atoms with Crippen LogP contribution in [-0.4, -0.2) is 60.0 Å². The molecule has 1 saturated heterocycles. The Bertz CT molecular complexity index is 919. The first-order valence-corrected chi connectivity index (χ1v) is 9.59. The molecular weight excluding hydrogens is 388 g/mol. The molecule has 0 saturated carbocycles. The fourth-order valence-corrected chi connectivity index (χ4v) is 3.17. The average molecular weight is 412 g/mol. The number of hydrogen-bond donors (Lipinski definition) is 1. The van der Waals surface area contributed by atoms with Crippen molar-refractivity contribution in [2.45, 2.75) is 19.3 Å². The summed E-state index contributed by atoms with van der Waals surface area (Å²) in [5.74, 6) is -0.484. The van der Waals surface area contributed by atoms with Gasteiger partial charge in [-0.1, -0.05) is 18.2 Å². The van der Waals surface area contributed by atoms with Crippen molar-refractivity contribution in [2.24, 2.45) is 0 Å². The van der Waals surface area contributed by atoms with Crippen LogP contribution in [0.15, 0.2) is 42.5 Å². The van der Waals surface area contributed by atoms with Crippen LogP contribution in [0.4, 0.5) is 5.69 Å². The van der Waals surface area contributed by atoms with Gasteiger partial charge in [0.05, 0.1) is 14.2 Å². The van der Waals surface area contributed by atoms with Gasteiger partial charge in [-0.25, -0.2) is 5.01 Å². The van der Waals surface area contributed by atoms with Crippen molar-refractivity contribution in [3.63, 3.8) is 0 Å². The molecular formula is C21H24N4O5. The van der Waals surface area contributed by atoms with E-state index in [1.54, 1.807) is 24.3 Å². The zero-order valence-electron chi connectivity index (χ0n) is 17.0. The van der Waals surface area contributed by atoms with E-state index in [1.165, 1.54) is 24.2 Å². The van der Waals surface area contributed by atoms with Crippen LogP contribution in [0.1, 0.15) is 29.6 Å². The molecule has 0 atom stereocenters. The minimum Gasteiger partial charge on any atom is -0.481 e. The molecule has 0 aliphatic carbocycles. The van der Waals surface area contributed by atoms with Gasteiger partial charge in [-0.05, 0) is 24.6 Å². The molecule has 2 aromatic rings. The number of carbonyl (C=O) groups excluding carboxylic acids is 3. The molecule has 0 spiro atoms. The number of hydrogen-bond acceptors (Lipinski definition) is 6. The van der Waals surface area contributed by atoms with Crippen molar-refractivity contribution in [1.29, 1.82) is 0 Å². The summed E-state index contributed by atoms with van der Waals surface area (Å²) in [6, 6.07) is 12.2. The number of pyridine rings is 1. The van der Waals surface area contributed by atoms with Crippen molar-refractivity contribution in [3.05, 3.63) is 48.0 Å². The summed E-state index contributed by atoms with van der Waals surface area (Å²) in [6.45, 7) is 0.812. The van der Waals surface area contributed by atoms with Gasteiger partial charge in [0.2, 0.25) is 23.6 Å². The molecule has 1 aliphatic rings. The van der Waals surface area contributed by atoms with Crippen molar-refractivity contribution >= 4 is 23.4 Å². The van der Waals surface area contributed by atoms with Crippen molar-refractivity contribution in [3.8, 4) is 11.8 Å². The molecule has 158 valence electrons. The highest BCUT2D eigenvalue weighted by atomic mass is 16.5. The summed E-state index contributed by atoms with van der Waals surface area (Å²) in [7, 11) is 2.88. The van der Waals surface area contributed by atoms with E-state index in [1.807, 2.05) is 18.2 Å². The first-order valence-electron chi connectivity index (χ1n) is 9.59. The maximum absolute atomic E-state index is 13.0. The molecule has 1 N–H and O–H groups in total. The number of anilines is 1. The van der Waals surface area contributed by atoms with E-state index in [-0.39, 0.29) is 42.0 Å². The summed E-state index contributed by atoms with van der Waals surface area (Å²) in [5.41, 5.74) is 0.909. The third-order valence-corrected chi connectivity index (χ3v) is 4.64. The van der Waals surface area contributed by atoms with Gasteiger partial charge in [0.25, 0.3) is 5.91 Å². The molecule has 3 amide bonds. The van der Waals surface area contributed by atoms with Crippen molar-refractivity contribution < 1.29 is 23.9 Å². The van der Waals surface area contributed by atoms with E-state index in [0.29, 0.717) is 31.1 Å². The van der Waals surface area contributed by atoms with E-state index in [4.69, 9.17) is 9.47 Å². The van der Waals surface area contributed by atoms with Gasteiger partial charge in [0.1, 0.15) is 5.56 Å². The second kappa shape index (κ2) is 9.73. The number of aromatic nitrogens is 1. The highest BCUT2D eigenvalue weighted by Crippen LogP contribution is 2.24. The molecule has 0 radical (unpaired) electrons. The lowest BCUT2D eigenvalue weighted by atomic mass is 10.2. The normalized spacial score (nSPS) is 13.1. The van der Waals surface area contributed by atoms with Crippen LogP contribution in [0.2, 0.25) is 0 Å².